The van der Waals surface area contributed by atoms with E-state index in [1.54, 1.807) is 54.5 Å². The standard InChI is InChI=1S/C54H59N5O21S6/c1-53(2)45(57(20-5-27-81(63,64)65)41-13-11-37-39(50(41)53)29-35(83(69,70)71)31-43(37)85(75,76)77)15-9-33-7-8-34(52(33)56-25-23-55(24-26-56)47(60)19-22-59-48(61)17-18-49(59)62)10-16-46-54(3,4)51-40-30-36(84(72,73)74)32-44(86(78,79)80)38(40)12-14-42(51)58(46)21-6-28-82(66,67)68/h9-18,29-32H,5-8,19-28H2,1-4H3,(H5-,63,64,65,66,67,68,69,70,71,72,73,74,75,76,77,78,79,80)/p+1. The van der Waals surface area contributed by atoms with Crippen LogP contribution in [0.4, 0.5) is 11.4 Å². The zero-order valence-corrected chi connectivity index (χ0v) is 51.4. The smallest absolute Gasteiger partial charge is 0.295 e. The first-order valence-corrected chi connectivity index (χ1v) is 35.5. The Morgan fingerprint density at radius 1 is 0.523 bits per heavy atom. The van der Waals surface area contributed by atoms with Crippen molar-refractivity contribution in [3.05, 3.63) is 119 Å². The summed E-state index contributed by atoms with van der Waals surface area (Å²) in [5, 5.41) is -0.182. The fraction of sp³-hybridized carbons (Fsp3) is 0.370. The van der Waals surface area contributed by atoms with Gasteiger partial charge in [-0.25, -0.2) is 4.58 Å². The Kier molecular flexibility index (Phi) is 16.8. The number of hydrogen-bond acceptors (Lipinski definition) is 17. The zero-order valence-electron chi connectivity index (χ0n) is 46.5. The number of benzene rings is 4. The second-order valence-corrected chi connectivity index (χ2v) is 31.1. The van der Waals surface area contributed by atoms with Gasteiger partial charge in [0, 0.05) is 93.7 Å². The molecule has 1 saturated carbocycles. The van der Waals surface area contributed by atoms with E-state index in [1.165, 1.54) is 24.3 Å². The summed E-state index contributed by atoms with van der Waals surface area (Å²) in [4.78, 5) is 40.8. The molecule has 0 aromatic heterocycles. The predicted octanol–water partition coefficient (Wildman–Crippen LogP) is 4.46. The van der Waals surface area contributed by atoms with E-state index >= 15 is 0 Å². The highest BCUT2D eigenvalue weighted by molar-refractivity contribution is 7.87. The molecular formula is C54H60N5O21S6+. The average molecular weight is 1310 g/mol. The van der Waals surface area contributed by atoms with Crippen LogP contribution in [0.15, 0.2) is 127 Å². The molecule has 2 fully saturated rings. The molecule has 4 aliphatic heterocycles. The minimum Gasteiger partial charge on any atom is -0.344 e. The van der Waals surface area contributed by atoms with Crippen molar-refractivity contribution in [2.75, 3.05) is 67.1 Å². The molecule has 4 aromatic carbocycles. The third-order valence-electron chi connectivity index (χ3n) is 16.1. The molecule has 0 spiro atoms. The van der Waals surface area contributed by atoms with Gasteiger partial charge in [0.05, 0.1) is 34.4 Å². The maximum Gasteiger partial charge on any atom is 0.295 e. The molecule has 1 aliphatic carbocycles. The summed E-state index contributed by atoms with van der Waals surface area (Å²) in [7, 11) is -29.4. The van der Waals surface area contributed by atoms with Crippen LogP contribution in [-0.2, 0) is 85.9 Å². The Hall–Kier alpha value is -6.56. The lowest BCUT2D eigenvalue weighted by Crippen LogP contribution is -2.47. The molecule has 3 amide bonds. The van der Waals surface area contributed by atoms with Crippen molar-refractivity contribution >= 4 is 117 Å². The fourth-order valence-corrected chi connectivity index (χ4v) is 16.0. The van der Waals surface area contributed by atoms with E-state index in [1.807, 2.05) is 16.7 Å². The van der Waals surface area contributed by atoms with Crippen molar-refractivity contribution < 1.29 is 96.8 Å². The minimum absolute atomic E-state index is 0.00919. The highest BCUT2D eigenvalue weighted by Gasteiger charge is 2.45. The molecule has 86 heavy (non-hydrogen) atoms. The maximum absolute atomic E-state index is 13.6. The number of allylic oxidation sites excluding steroid dienone is 8. The first-order valence-electron chi connectivity index (χ1n) is 26.5. The largest absolute Gasteiger partial charge is 0.344 e. The molecule has 4 aromatic rings. The zero-order chi connectivity index (χ0) is 63.2. The first kappa shape index (κ1) is 63.9. The molecule has 1 saturated heterocycles. The van der Waals surface area contributed by atoms with E-state index in [0.29, 0.717) is 64.6 Å². The molecular weight excluding hydrogens is 1250 g/mol. The molecule has 26 nitrogen and oxygen atoms in total. The average Bonchev–Trinajstić information content (AvgIpc) is 1.52. The van der Waals surface area contributed by atoms with Gasteiger partial charge in [0.15, 0.2) is 13.1 Å². The quantitative estimate of drug-likeness (QED) is 0.0483. The number of piperazine rings is 1. The molecule has 32 heteroatoms. The van der Waals surface area contributed by atoms with Crippen LogP contribution in [0, 0.1) is 0 Å². The Morgan fingerprint density at radius 3 is 1.28 bits per heavy atom. The third kappa shape index (κ3) is 12.7. The summed E-state index contributed by atoms with van der Waals surface area (Å²) in [6.07, 6.45) is 9.66. The summed E-state index contributed by atoms with van der Waals surface area (Å²) in [5.74, 6) is -2.74. The van der Waals surface area contributed by atoms with Gasteiger partial charge < -0.3 is 14.7 Å². The van der Waals surface area contributed by atoms with Gasteiger partial charge in [-0.1, -0.05) is 52.0 Å². The molecule has 9 rings (SSSR count). The summed E-state index contributed by atoms with van der Waals surface area (Å²) in [5.41, 5.74) is 2.06. The molecule has 0 unspecified atom stereocenters. The van der Waals surface area contributed by atoms with Crippen molar-refractivity contribution in [1.29, 1.82) is 0 Å². The van der Waals surface area contributed by atoms with Gasteiger partial charge in [-0.3, -0.25) is 46.6 Å². The van der Waals surface area contributed by atoms with Gasteiger partial charge in [0.1, 0.15) is 9.79 Å². The van der Waals surface area contributed by atoms with E-state index in [0.717, 1.165) is 40.3 Å². The molecule has 462 valence electrons. The van der Waals surface area contributed by atoms with E-state index < -0.39 is 114 Å². The Morgan fingerprint density at radius 2 is 0.919 bits per heavy atom. The van der Waals surface area contributed by atoms with Crippen LogP contribution < -0.4 is 9.80 Å². The first-order chi connectivity index (χ1) is 39.7. The van der Waals surface area contributed by atoms with Crippen LogP contribution in [-0.4, -0.2) is 173 Å². The molecule has 6 N–H and O–H groups in total. The van der Waals surface area contributed by atoms with Crippen molar-refractivity contribution in [3.8, 4) is 0 Å². The number of imide groups is 1. The number of carbonyl (C=O) groups is 3. The minimum atomic E-state index is -5.12. The topological polar surface area (TPSA) is 393 Å². The lowest BCUT2D eigenvalue weighted by Gasteiger charge is -2.28. The van der Waals surface area contributed by atoms with Gasteiger partial charge in [-0.2, -0.15) is 50.5 Å². The van der Waals surface area contributed by atoms with Gasteiger partial charge >= 0.3 is 0 Å². The van der Waals surface area contributed by atoms with Crippen LogP contribution in [0.5, 0.6) is 0 Å². The lowest BCUT2D eigenvalue weighted by atomic mass is 9.81. The van der Waals surface area contributed by atoms with E-state index in [2.05, 4.69) is 0 Å². The van der Waals surface area contributed by atoms with Crippen molar-refractivity contribution in [2.24, 2.45) is 0 Å². The number of hydrogen-bond donors (Lipinski definition) is 6. The SMILES string of the molecule is CC1(C)C(=CC=C2CCC(=CC=C3N(CCCS(=O)(=O)O)c4ccc5c(S(=O)(=O)O)cc(S(=O)(=O)O)cc5c4C3(C)C)C2=[N+]2CCN(C(=O)CCN3C(=O)C=CC3=O)CC2)N(CCCS(=O)(=O)O)c2ccc3c(S(=O)(=O)O)cc(S(=O)(=O)O)cc3c21. The van der Waals surface area contributed by atoms with Crippen LogP contribution in [0.1, 0.15) is 70.9 Å². The Labute approximate surface area is 496 Å². The van der Waals surface area contributed by atoms with E-state index in [-0.39, 0.29) is 92.5 Å². The summed E-state index contributed by atoms with van der Waals surface area (Å²) in [6.45, 7) is 7.57. The molecule has 0 bridgehead atoms. The predicted molar refractivity (Wildman–Crippen MR) is 314 cm³/mol. The van der Waals surface area contributed by atoms with Gasteiger partial charge in [-0.05, 0) is 96.1 Å². The van der Waals surface area contributed by atoms with E-state index in [4.69, 9.17) is 0 Å². The third-order valence-corrected chi connectivity index (χ3v) is 21.1. The number of carbonyl (C=O) groups excluding carboxylic acids is 3. The molecule has 4 heterocycles. The second kappa shape index (κ2) is 22.5. The molecule has 0 radical (unpaired) electrons. The monoisotopic (exact) mass is 1310 g/mol. The van der Waals surface area contributed by atoms with Crippen molar-refractivity contribution in [2.45, 2.75) is 90.2 Å². The Bertz CT molecular complexity index is 4290. The van der Waals surface area contributed by atoms with Crippen molar-refractivity contribution in [1.82, 2.24) is 9.80 Å². The highest BCUT2D eigenvalue weighted by atomic mass is 32.2. The summed E-state index contributed by atoms with van der Waals surface area (Å²) >= 11 is 0. The Balaban J connectivity index is 1.20. The lowest BCUT2D eigenvalue weighted by molar-refractivity contribution is -0.537. The molecule has 0 atom stereocenters. The number of nitrogens with zero attached hydrogens (tertiary/aromatic N) is 5. The van der Waals surface area contributed by atoms with Gasteiger partial charge in [0.25, 0.3) is 72.5 Å². The number of amides is 3. The maximum atomic E-state index is 13.6. The van der Waals surface area contributed by atoms with Crippen LogP contribution in [0.25, 0.3) is 21.5 Å². The van der Waals surface area contributed by atoms with Gasteiger partial charge in [-0.15, -0.1) is 0 Å². The molecule has 5 aliphatic rings. The fourth-order valence-electron chi connectivity index (χ4n) is 12.3. The van der Waals surface area contributed by atoms with Gasteiger partial charge in [0.2, 0.25) is 11.6 Å². The highest BCUT2D eigenvalue weighted by Crippen LogP contribution is 2.54. The van der Waals surface area contributed by atoms with E-state index in [9.17, 15) is 92.2 Å². The summed E-state index contributed by atoms with van der Waals surface area (Å²) in [6, 6.07) is 9.06. The van der Waals surface area contributed by atoms with Crippen LogP contribution in [0.3, 0.4) is 0 Å². The van der Waals surface area contributed by atoms with Crippen molar-refractivity contribution in [3.63, 3.8) is 0 Å². The normalized spacial score (nSPS) is 20.3. The van der Waals surface area contributed by atoms with Crippen LogP contribution >= 0.6 is 0 Å². The van der Waals surface area contributed by atoms with Crippen LogP contribution in [0.2, 0.25) is 0 Å². The number of rotatable bonds is 17. The second-order valence-electron chi connectivity index (χ2n) is 22.3. The number of fused-ring (bicyclic) bond motifs is 6. The summed E-state index contributed by atoms with van der Waals surface area (Å²) < 4.78 is 212. The number of anilines is 2.